The van der Waals surface area contributed by atoms with Gasteiger partial charge in [-0.05, 0) is 49.0 Å². The van der Waals surface area contributed by atoms with Crippen molar-refractivity contribution in [2.75, 3.05) is 18.9 Å². The number of urea groups is 1. The quantitative estimate of drug-likeness (QED) is 0.749. The van der Waals surface area contributed by atoms with Gasteiger partial charge in [0.25, 0.3) is 0 Å². The number of amides is 2. The van der Waals surface area contributed by atoms with Gasteiger partial charge in [0.15, 0.2) is 0 Å². The molecule has 0 aromatic heterocycles. The van der Waals surface area contributed by atoms with Crippen LogP contribution in [0.2, 0.25) is 0 Å². The summed E-state index contributed by atoms with van der Waals surface area (Å²) in [5, 5.41) is 5.28. The Bertz CT molecular complexity index is 749. The van der Waals surface area contributed by atoms with Crippen molar-refractivity contribution in [2.24, 2.45) is 0 Å². The molecule has 0 aliphatic carbocycles. The summed E-state index contributed by atoms with van der Waals surface area (Å²) >= 11 is 0. The van der Waals surface area contributed by atoms with E-state index in [-0.39, 0.29) is 5.75 Å². The summed E-state index contributed by atoms with van der Waals surface area (Å²) < 4.78 is 40.2. The van der Waals surface area contributed by atoms with Crippen LogP contribution < -0.4 is 15.4 Å². The van der Waals surface area contributed by atoms with Crippen LogP contribution in [0.1, 0.15) is 18.1 Å². The van der Waals surface area contributed by atoms with E-state index in [9.17, 15) is 18.0 Å². The Balaban J connectivity index is 1.85. The van der Waals surface area contributed by atoms with E-state index in [0.717, 1.165) is 36.3 Å². The average Bonchev–Trinajstić information content (AvgIpc) is 2.61. The number of nitrogens with zero attached hydrogens (tertiary/aromatic N) is 1. The number of hydrogen-bond acceptors (Lipinski definition) is 3. The maximum atomic E-state index is 12.1. The van der Waals surface area contributed by atoms with Crippen molar-refractivity contribution in [1.29, 1.82) is 0 Å². The Morgan fingerprint density at radius 2 is 1.78 bits per heavy atom. The molecular formula is C19H22F3N3O2. The van der Waals surface area contributed by atoms with Gasteiger partial charge in [-0.3, -0.25) is 0 Å². The van der Waals surface area contributed by atoms with E-state index in [1.54, 1.807) is 0 Å². The van der Waals surface area contributed by atoms with Gasteiger partial charge in [-0.1, -0.05) is 31.2 Å². The van der Waals surface area contributed by atoms with Crippen LogP contribution in [0, 0.1) is 0 Å². The molecule has 2 N–H and O–H groups in total. The van der Waals surface area contributed by atoms with Gasteiger partial charge < -0.3 is 20.3 Å². The first-order valence-electron chi connectivity index (χ1n) is 8.42. The number of hydrogen-bond donors (Lipinski definition) is 2. The molecule has 0 saturated heterocycles. The lowest BCUT2D eigenvalue weighted by molar-refractivity contribution is -0.274. The van der Waals surface area contributed by atoms with Gasteiger partial charge in [-0.2, -0.15) is 0 Å². The zero-order valence-electron chi connectivity index (χ0n) is 15.1. The summed E-state index contributed by atoms with van der Waals surface area (Å²) in [5.41, 5.74) is 2.47. The van der Waals surface area contributed by atoms with E-state index in [2.05, 4.69) is 27.2 Å². The highest BCUT2D eigenvalue weighted by Crippen LogP contribution is 2.23. The standard InChI is InChI=1S/C19H22F3N3O2/c1-3-25(2)13-15-6-4-5-14(11-15)12-23-18(26)24-16-7-9-17(10-8-16)27-19(20,21)22/h4-11H,3,12-13H2,1-2H3,(H2,23,24,26). The number of anilines is 1. The molecule has 0 bridgehead atoms. The van der Waals surface area contributed by atoms with Crippen LogP contribution in [0.5, 0.6) is 5.75 Å². The number of nitrogens with one attached hydrogen (secondary N) is 2. The van der Waals surface area contributed by atoms with Crippen LogP contribution in [0.3, 0.4) is 0 Å². The Morgan fingerprint density at radius 3 is 2.41 bits per heavy atom. The molecule has 0 spiro atoms. The Hall–Kier alpha value is -2.74. The van der Waals surface area contributed by atoms with Crippen molar-refractivity contribution < 1.29 is 22.7 Å². The van der Waals surface area contributed by atoms with Gasteiger partial charge in [0.05, 0.1) is 0 Å². The first kappa shape index (κ1) is 20.6. The van der Waals surface area contributed by atoms with Crippen LogP contribution in [-0.2, 0) is 13.1 Å². The maximum Gasteiger partial charge on any atom is 0.573 e. The molecular weight excluding hydrogens is 359 g/mol. The summed E-state index contributed by atoms with van der Waals surface area (Å²) in [6, 6.07) is 12.4. The van der Waals surface area contributed by atoms with E-state index in [0.29, 0.717) is 12.2 Å². The molecule has 0 radical (unpaired) electrons. The SMILES string of the molecule is CCN(C)Cc1cccc(CNC(=O)Nc2ccc(OC(F)(F)F)cc2)c1. The number of carbonyl (C=O) groups is 1. The minimum absolute atomic E-state index is 0.338. The normalized spacial score (nSPS) is 11.3. The van der Waals surface area contributed by atoms with Gasteiger partial charge in [0.1, 0.15) is 5.75 Å². The predicted molar refractivity (Wildman–Crippen MR) is 97.4 cm³/mol. The number of rotatable bonds is 7. The number of benzene rings is 2. The fraction of sp³-hybridized carbons (Fsp3) is 0.316. The number of carbonyl (C=O) groups excluding carboxylic acids is 1. The Labute approximate surface area is 156 Å². The largest absolute Gasteiger partial charge is 0.573 e. The van der Waals surface area contributed by atoms with Crippen LogP contribution in [-0.4, -0.2) is 30.9 Å². The van der Waals surface area contributed by atoms with Crippen LogP contribution in [0.15, 0.2) is 48.5 Å². The molecule has 0 heterocycles. The smallest absolute Gasteiger partial charge is 0.406 e. The first-order chi connectivity index (χ1) is 12.7. The van der Waals surface area contributed by atoms with Crippen molar-refractivity contribution in [2.45, 2.75) is 26.4 Å². The lowest BCUT2D eigenvalue weighted by atomic mass is 10.1. The second-order valence-electron chi connectivity index (χ2n) is 6.03. The van der Waals surface area contributed by atoms with E-state index < -0.39 is 12.4 Å². The van der Waals surface area contributed by atoms with Crippen molar-refractivity contribution in [3.05, 3.63) is 59.7 Å². The summed E-state index contributed by atoms with van der Waals surface area (Å²) in [4.78, 5) is 14.1. The van der Waals surface area contributed by atoms with Crippen molar-refractivity contribution in [3.8, 4) is 5.75 Å². The van der Waals surface area contributed by atoms with Crippen LogP contribution >= 0.6 is 0 Å². The zero-order valence-corrected chi connectivity index (χ0v) is 15.1. The second kappa shape index (κ2) is 9.27. The molecule has 0 atom stereocenters. The van der Waals surface area contributed by atoms with Crippen molar-refractivity contribution >= 4 is 11.7 Å². The third kappa shape index (κ3) is 7.57. The first-order valence-corrected chi connectivity index (χ1v) is 8.42. The van der Waals surface area contributed by atoms with E-state index in [1.165, 1.54) is 12.1 Å². The number of ether oxygens (including phenoxy) is 1. The van der Waals surface area contributed by atoms with Gasteiger partial charge in [0, 0.05) is 18.8 Å². The molecule has 0 aliphatic rings. The Kier molecular flexibility index (Phi) is 7.06. The van der Waals surface area contributed by atoms with E-state index in [1.807, 2.05) is 31.3 Å². The molecule has 5 nitrogen and oxygen atoms in total. The minimum atomic E-state index is -4.74. The summed E-state index contributed by atoms with van der Waals surface area (Å²) in [6.07, 6.45) is -4.74. The van der Waals surface area contributed by atoms with Gasteiger partial charge >= 0.3 is 12.4 Å². The summed E-state index contributed by atoms with van der Waals surface area (Å²) in [6.45, 7) is 4.18. The number of alkyl halides is 3. The molecule has 2 rings (SSSR count). The van der Waals surface area contributed by atoms with Crippen molar-refractivity contribution in [3.63, 3.8) is 0 Å². The molecule has 8 heteroatoms. The Morgan fingerprint density at radius 1 is 1.11 bits per heavy atom. The molecule has 27 heavy (non-hydrogen) atoms. The highest BCUT2D eigenvalue weighted by molar-refractivity contribution is 5.89. The molecule has 146 valence electrons. The van der Waals surface area contributed by atoms with E-state index >= 15 is 0 Å². The maximum absolute atomic E-state index is 12.1. The summed E-state index contributed by atoms with van der Waals surface area (Å²) in [7, 11) is 2.03. The molecule has 0 fully saturated rings. The fourth-order valence-electron chi connectivity index (χ4n) is 2.36. The van der Waals surface area contributed by atoms with Crippen LogP contribution in [0.4, 0.5) is 23.7 Å². The highest BCUT2D eigenvalue weighted by atomic mass is 19.4. The third-order valence-electron chi connectivity index (χ3n) is 3.78. The lowest BCUT2D eigenvalue weighted by Crippen LogP contribution is -2.28. The van der Waals surface area contributed by atoms with Crippen LogP contribution in [0.25, 0.3) is 0 Å². The second-order valence-corrected chi connectivity index (χ2v) is 6.03. The molecule has 2 aromatic carbocycles. The molecule has 2 aromatic rings. The molecule has 0 unspecified atom stereocenters. The summed E-state index contributed by atoms with van der Waals surface area (Å²) in [5.74, 6) is -0.345. The minimum Gasteiger partial charge on any atom is -0.406 e. The monoisotopic (exact) mass is 381 g/mol. The molecule has 0 saturated carbocycles. The van der Waals surface area contributed by atoms with Gasteiger partial charge in [0.2, 0.25) is 0 Å². The molecule has 0 aliphatic heterocycles. The van der Waals surface area contributed by atoms with Gasteiger partial charge in [-0.15, -0.1) is 13.2 Å². The van der Waals surface area contributed by atoms with Gasteiger partial charge in [-0.25, -0.2) is 4.79 Å². The molecule has 2 amide bonds. The van der Waals surface area contributed by atoms with E-state index in [4.69, 9.17) is 0 Å². The fourth-order valence-corrected chi connectivity index (χ4v) is 2.36. The predicted octanol–water partition coefficient (Wildman–Crippen LogP) is 4.36. The number of halogens is 3. The van der Waals surface area contributed by atoms with Crippen molar-refractivity contribution in [1.82, 2.24) is 10.2 Å². The average molecular weight is 381 g/mol. The zero-order chi connectivity index (χ0) is 19.9. The highest BCUT2D eigenvalue weighted by Gasteiger charge is 2.30. The topological polar surface area (TPSA) is 53.6 Å². The third-order valence-corrected chi connectivity index (χ3v) is 3.78. The lowest BCUT2D eigenvalue weighted by Gasteiger charge is -2.14.